The van der Waals surface area contributed by atoms with E-state index in [1.54, 1.807) is 0 Å². The van der Waals surface area contributed by atoms with Crippen LogP contribution < -0.4 is 4.72 Å². The monoisotopic (exact) mass is 271 g/mol. The van der Waals surface area contributed by atoms with Gasteiger partial charge in [0.2, 0.25) is 10.0 Å². The number of hydrogen-bond donors (Lipinski definition) is 1. The van der Waals surface area contributed by atoms with E-state index in [0.717, 1.165) is 19.3 Å². The van der Waals surface area contributed by atoms with Gasteiger partial charge in [0.15, 0.2) is 0 Å². The molecule has 16 heavy (non-hydrogen) atoms. The second kappa shape index (κ2) is 10.3. The molecule has 0 spiro atoms. The Morgan fingerprint density at radius 3 is 2.56 bits per heavy atom. The summed E-state index contributed by atoms with van der Waals surface area (Å²) in [6.07, 6.45) is 3.44. The smallest absolute Gasteiger partial charge is 0.211 e. The van der Waals surface area contributed by atoms with Gasteiger partial charge in [-0.3, -0.25) is 0 Å². The lowest BCUT2D eigenvalue weighted by Gasteiger charge is -2.06. The summed E-state index contributed by atoms with van der Waals surface area (Å²) in [5, 5.41) is 0. The molecule has 4 nitrogen and oxygen atoms in total. The van der Waals surface area contributed by atoms with Crippen LogP contribution in [0.4, 0.5) is 0 Å². The van der Waals surface area contributed by atoms with Gasteiger partial charge in [-0.2, -0.15) is 0 Å². The first kappa shape index (κ1) is 16.2. The summed E-state index contributed by atoms with van der Waals surface area (Å²) < 4.78 is 30.5. The lowest BCUT2D eigenvalue weighted by atomic mass is 10.4. The van der Waals surface area contributed by atoms with Crippen LogP contribution in [0.25, 0.3) is 0 Å². The molecule has 0 rings (SSSR count). The number of alkyl halides is 1. The van der Waals surface area contributed by atoms with Crippen molar-refractivity contribution in [3.05, 3.63) is 0 Å². The summed E-state index contributed by atoms with van der Waals surface area (Å²) >= 11 is 5.47. The van der Waals surface area contributed by atoms with Crippen molar-refractivity contribution in [1.29, 1.82) is 0 Å². The average molecular weight is 272 g/mol. The molecule has 0 unspecified atom stereocenters. The van der Waals surface area contributed by atoms with E-state index in [9.17, 15) is 8.42 Å². The van der Waals surface area contributed by atoms with Crippen LogP contribution in [0.1, 0.15) is 32.6 Å². The van der Waals surface area contributed by atoms with Crippen LogP contribution in [-0.4, -0.2) is 39.8 Å². The lowest BCUT2D eigenvalue weighted by molar-refractivity contribution is 0.136. The Hall–Kier alpha value is 0.160. The maximum atomic E-state index is 11.4. The Morgan fingerprint density at radius 2 is 1.94 bits per heavy atom. The standard InChI is InChI=1S/C10H22ClNO3S/c1-2-3-8-15-9-7-12-16(13,14)10-5-4-6-11/h12H,2-10H2,1H3. The second-order valence-electron chi connectivity index (χ2n) is 3.58. The highest BCUT2D eigenvalue weighted by atomic mass is 35.5. The van der Waals surface area contributed by atoms with Crippen molar-refractivity contribution in [1.82, 2.24) is 4.72 Å². The van der Waals surface area contributed by atoms with Gasteiger partial charge in [-0.05, 0) is 19.3 Å². The second-order valence-corrected chi connectivity index (χ2v) is 5.88. The molecule has 0 atom stereocenters. The molecule has 0 aliphatic heterocycles. The number of ether oxygens (including phenoxy) is 1. The summed E-state index contributed by atoms with van der Waals surface area (Å²) in [5.74, 6) is 0.657. The lowest BCUT2D eigenvalue weighted by Crippen LogP contribution is -2.29. The first-order valence-electron chi connectivity index (χ1n) is 5.73. The van der Waals surface area contributed by atoms with Crippen LogP contribution >= 0.6 is 11.6 Å². The third-order valence-corrected chi connectivity index (χ3v) is 3.74. The molecule has 0 fully saturated rings. The van der Waals surface area contributed by atoms with E-state index >= 15 is 0 Å². The van der Waals surface area contributed by atoms with Gasteiger partial charge in [-0.25, -0.2) is 13.1 Å². The van der Waals surface area contributed by atoms with Gasteiger partial charge < -0.3 is 4.74 Å². The van der Waals surface area contributed by atoms with Gasteiger partial charge in [0, 0.05) is 19.0 Å². The molecule has 98 valence electrons. The normalized spacial score (nSPS) is 11.9. The Bertz CT molecular complexity index is 244. The average Bonchev–Trinajstić information content (AvgIpc) is 2.23. The molecule has 0 aromatic heterocycles. The third-order valence-electron chi connectivity index (χ3n) is 2.01. The van der Waals surface area contributed by atoms with E-state index in [-0.39, 0.29) is 5.75 Å². The van der Waals surface area contributed by atoms with Crippen molar-refractivity contribution >= 4 is 21.6 Å². The van der Waals surface area contributed by atoms with Gasteiger partial charge in [0.1, 0.15) is 0 Å². The number of hydrogen-bond acceptors (Lipinski definition) is 3. The van der Waals surface area contributed by atoms with Crippen LogP contribution in [0.2, 0.25) is 0 Å². The third kappa shape index (κ3) is 10.7. The summed E-state index contributed by atoms with van der Waals surface area (Å²) in [6, 6.07) is 0. The van der Waals surface area contributed by atoms with Crippen molar-refractivity contribution in [3.8, 4) is 0 Å². The van der Waals surface area contributed by atoms with E-state index in [0.29, 0.717) is 32.1 Å². The Labute approximate surface area is 104 Å². The number of unbranched alkanes of at least 4 members (excludes halogenated alkanes) is 2. The van der Waals surface area contributed by atoms with Crippen LogP contribution in [0.3, 0.4) is 0 Å². The fraction of sp³-hybridized carbons (Fsp3) is 1.00. The molecule has 0 aromatic carbocycles. The van der Waals surface area contributed by atoms with Crippen LogP contribution in [0, 0.1) is 0 Å². The number of nitrogens with one attached hydrogen (secondary N) is 1. The van der Waals surface area contributed by atoms with E-state index in [2.05, 4.69) is 11.6 Å². The summed E-state index contributed by atoms with van der Waals surface area (Å²) in [4.78, 5) is 0. The van der Waals surface area contributed by atoms with Crippen molar-refractivity contribution < 1.29 is 13.2 Å². The Kier molecular flexibility index (Phi) is 10.4. The predicted octanol–water partition coefficient (Wildman–Crippen LogP) is 1.74. The Morgan fingerprint density at radius 1 is 1.19 bits per heavy atom. The highest BCUT2D eigenvalue weighted by molar-refractivity contribution is 7.89. The molecule has 0 radical (unpaired) electrons. The molecule has 0 saturated carbocycles. The molecule has 1 N–H and O–H groups in total. The van der Waals surface area contributed by atoms with Crippen molar-refractivity contribution in [2.45, 2.75) is 32.6 Å². The fourth-order valence-corrected chi connectivity index (χ4v) is 2.39. The molecular weight excluding hydrogens is 250 g/mol. The zero-order valence-electron chi connectivity index (χ0n) is 9.87. The maximum Gasteiger partial charge on any atom is 0.211 e. The van der Waals surface area contributed by atoms with E-state index < -0.39 is 10.0 Å². The van der Waals surface area contributed by atoms with Crippen molar-refractivity contribution in [3.63, 3.8) is 0 Å². The molecule has 0 aliphatic carbocycles. The SMILES string of the molecule is CCCCOCCNS(=O)(=O)CCCCCl. The zero-order valence-corrected chi connectivity index (χ0v) is 11.4. The van der Waals surface area contributed by atoms with Crippen molar-refractivity contribution in [2.75, 3.05) is 31.4 Å². The van der Waals surface area contributed by atoms with Gasteiger partial charge >= 0.3 is 0 Å². The number of sulfonamides is 1. The number of rotatable bonds is 11. The quantitative estimate of drug-likeness (QED) is 0.460. The van der Waals surface area contributed by atoms with Crippen LogP contribution in [-0.2, 0) is 14.8 Å². The van der Waals surface area contributed by atoms with E-state index in [4.69, 9.17) is 16.3 Å². The molecule has 0 amide bonds. The highest BCUT2D eigenvalue weighted by Crippen LogP contribution is 1.96. The number of halogens is 1. The van der Waals surface area contributed by atoms with Gasteiger partial charge in [0.25, 0.3) is 0 Å². The zero-order chi connectivity index (χ0) is 12.3. The molecule has 0 aliphatic rings. The first-order chi connectivity index (χ1) is 7.62. The predicted molar refractivity (Wildman–Crippen MR) is 67.5 cm³/mol. The summed E-state index contributed by atoms with van der Waals surface area (Å²) in [7, 11) is -3.14. The minimum absolute atomic E-state index is 0.147. The van der Waals surface area contributed by atoms with Gasteiger partial charge in [0.05, 0.1) is 12.4 Å². The fourth-order valence-electron chi connectivity index (χ4n) is 1.08. The molecule has 0 aromatic rings. The maximum absolute atomic E-state index is 11.4. The molecule has 0 saturated heterocycles. The van der Waals surface area contributed by atoms with E-state index in [1.165, 1.54) is 0 Å². The van der Waals surface area contributed by atoms with Gasteiger partial charge in [-0.1, -0.05) is 13.3 Å². The Balaban J connectivity index is 3.43. The van der Waals surface area contributed by atoms with Gasteiger partial charge in [-0.15, -0.1) is 11.6 Å². The van der Waals surface area contributed by atoms with Crippen LogP contribution in [0.5, 0.6) is 0 Å². The minimum atomic E-state index is -3.14. The van der Waals surface area contributed by atoms with Crippen molar-refractivity contribution in [2.24, 2.45) is 0 Å². The van der Waals surface area contributed by atoms with E-state index in [1.807, 2.05) is 0 Å². The van der Waals surface area contributed by atoms with Crippen LogP contribution in [0.15, 0.2) is 0 Å². The molecule has 0 bridgehead atoms. The topological polar surface area (TPSA) is 55.4 Å². The molecular formula is C10H22ClNO3S. The summed E-state index contributed by atoms with van der Waals surface area (Å²) in [6.45, 7) is 3.58. The highest BCUT2D eigenvalue weighted by Gasteiger charge is 2.08. The minimum Gasteiger partial charge on any atom is -0.380 e. The largest absolute Gasteiger partial charge is 0.380 e. The first-order valence-corrected chi connectivity index (χ1v) is 7.92. The summed E-state index contributed by atoms with van der Waals surface area (Å²) in [5.41, 5.74) is 0. The molecule has 6 heteroatoms. The molecule has 0 heterocycles.